The molecule has 140 valence electrons. The highest BCUT2D eigenvalue weighted by Crippen LogP contribution is 2.50. The van der Waals surface area contributed by atoms with Gasteiger partial charge in [0.25, 0.3) is 15.8 Å². The number of hydrogen-bond acceptors (Lipinski definition) is 3. The molecule has 0 unspecified atom stereocenters. The summed E-state index contributed by atoms with van der Waals surface area (Å²) in [5.41, 5.74) is -6.56. The summed E-state index contributed by atoms with van der Waals surface area (Å²) >= 11 is 5.85. The fourth-order valence-corrected chi connectivity index (χ4v) is 4.17. The van der Waals surface area contributed by atoms with Crippen molar-refractivity contribution in [1.29, 1.82) is 0 Å². The Hall–Kier alpha value is -1.71. The largest absolute Gasteiger partial charge is 0.501 e. The molecule has 3 rings (SSSR count). The highest BCUT2D eigenvalue weighted by Gasteiger charge is 2.54. The number of benzene rings is 2. The van der Waals surface area contributed by atoms with E-state index in [9.17, 15) is 35.5 Å². The highest BCUT2D eigenvalue weighted by atomic mass is 35.5. The number of halogens is 6. The topological polar surface area (TPSA) is 54.4 Å². The number of rotatable bonds is 2. The Labute approximate surface area is 149 Å². The molecule has 1 aliphatic rings. The average Bonchev–Trinajstić information content (AvgIpc) is 2.75. The van der Waals surface area contributed by atoms with E-state index >= 15 is 0 Å². The van der Waals surface area contributed by atoms with Gasteiger partial charge in [-0.1, -0.05) is 29.8 Å². The minimum atomic E-state index is -5.91. The third kappa shape index (κ3) is 2.87. The van der Waals surface area contributed by atoms with Gasteiger partial charge in [-0.05, 0) is 34.9 Å². The monoisotopic (exact) mass is 412 g/mol. The van der Waals surface area contributed by atoms with Crippen LogP contribution in [0.1, 0.15) is 17.2 Å². The van der Waals surface area contributed by atoms with Crippen LogP contribution in [0.15, 0.2) is 41.3 Å². The van der Waals surface area contributed by atoms with Crippen LogP contribution >= 0.6 is 11.6 Å². The van der Waals surface area contributed by atoms with Crippen molar-refractivity contribution >= 4 is 21.4 Å². The molecule has 0 aromatic heterocycles. The van der Waals surface area contributed by atoms with Crippen molar-refractivity contribution in [2.45, 2.75) is 28.9 Å². The molecular formula is C16H10ClF5O3S. The van der Waals surface area contributed by atoms with Crippen molar-refractivity contribution in [3.05, 3.63) is 52.5 Å². The van der Waals surface area contributed by atoms with Crippen LogP contribution in [-0.2, 0) is 16.3 Å². The van der Waals surface area contributed by atoms with Gasteiger partial charge in [0.2, 0.25) is 0 Å². The maximum absolute atomic E-state index is 14.0. The van der Waals surface area contributed by atoms with E-state index in [2.05, 4.69) is 0 Å². The standard InChI is InChI=1S/C16H10ClF5O3S/c17-9-3-1-2-8(6-9)10-4-5-12(26(24,25)16(20,21)22)13-11(10)7-15(18,19)14(13)23/h1-6,14,23H,7H2/t14-/m0/s1. The number of fused-ring (bicyclic) bond motifs is 1. The van der Waals surface area contributed by atoms with Gasteiger partial charge in [0, 0.05) is 17.0 Å². The van der Waals surface area contributed by atoms with Crippen LogP contribution < -0.4 is 0 Å². The summed E-state index contributed by atoms with van der Waals surface area (Å²) in [6.45, 7) is 0. The molecule has 1 atom stereocenters. The first-order chi connectivity index (χ1) is 11.9. The molecule has 0 saturated carbocycles. The smallest absolute Gasteiger partial charge is 0.382 e. The molecule has 0 fully saturated rings. The van der Waals surface area contributed by atoms with Crippen molar-refractivity contribution in [2.75, 3.05) is 0 Å². The molecule has 3 nitrogen and oxygen atoms in total. The molecule has 1 aliphatic carbocycles. The van der Waals surface area contributed by atoms with Crippen molar-refractivity contribution < 1.29 is 35.5 Å². The van der Waals surface area contributed by atoms with Crippen LogP contribution in [-0.4, -0.2) is 25.0 Å². The maximum Gasteiger partial charge on any atom is 0.501 e. The van der Waals surface area contributed by atoms with E-state index in [0.29, 0.717) is 11.6 Å². The van der Waals surface area contributed by atoms with E-state index in [-0.39, 0.29) is 16.1 Å². The van der Waals surface area contributed by atoms with Crippen molar-refractivity contribution in [2.24, 2.45) is 0 Å². The Morgan fingerprint density at radius 1 is 1.15 bits per heavy atom. The van der Waals surface area contributed by atoms with Crippen LogP contribution in [0.5, 0.6) is 0 Å². The third-order valence-corrected chi connectivity index (χ3v) is 5.91. The number of alkyl halides is 5. The van der Waals surface area contributed by atoms with Gasteiger partial charge in [-0.3, -0.25) is 0 Å². The van der Waals surface area contributed by atoms with Gasteiger partial charge >= 0.3 is 5.51 Å². The average molecular weight is 413 g/mol. The van der Waals surface area contributed by atoms with Crippen molar-refractivity contribution in [3.63, 3.8) is 0 Å². The fourth-order valence-electron chi connectivity index (χ4n) is 2.96. The molecule has 0 bridgehead atoms. The maximum atomic E-state index is 14.0. The SMILES string of the molecule is O=S(=O)(c1ccc(-c2cccc(Cl)c2)c2c1[C@H](O)C(F)(F)C2)C(F)(F)F. The normalized spacial score (nSPS) is 19.4. The van der Waals surface area contributed by atoms with E-state index in [1.54, 1.807) is 0 Å². The first-order valence-electron chi connectivity index (χ1n) is 7.15. The van der Waals surface area contributed by atoms with Gasteiger partial charge in [-0.25, -0.2) is 17.2 Å². The zero-order chi connectivity index (χ0) is 19.5. The summed E-state index contributed by atoms with van der Waals surface area (Å²) in [4.78, 5) is -1.37. The Bertz CT molecular complexity index is 986. The molecule has 0 radical (unpaired) electrons. The lowest BCUT2D eigenvalue weighted by Gasteiger charge is -2.17. The summed E-state index contributed by atoms with van der Waals surface area (Å²) in [6, 6.07) is 7.51. The number of aliphatic hydroxyl groups is 1. The van der Waals surface area contributed by atoms with Gasteiger partial charge in [0.1, 0.15) is 6.10 Å². The quantitative estimate of drug-likeness (QED) is 0.738. The van der Waals surface area contributed by atoms with Crippen LogP contribution in [0.25, 0.3) is 11.1 Å². The molecule has 0 aliphatic heterocycles. The van der Waals surface area contributed by atoms with Gasteiger partial charge in [0.15, 0.2) is 0 Å². The van der Waals surface area contributed by atoms with Crippen LogP contribution in [0.3, 0.4) is 0 Å². The third-order valence-electron chi connectivity index (χ3n) is 4.13. The Morgan fingerprint density at radius 2 is 1.81 bits per heavy atom. The molecular weight excluding hydrogens is 403 g/mol. The second kappa shape index (κ2) is 5.90. The predicted molar refractivity (Wildman–Crippen MR) is 83.7 cm³/mol. The Morgan fingerprint density at radius 3 is 2.38 bits per heavy atom. The summed E-state index contributed by atoms with van der Waals surface area (Å²) in [5, 5.41) is 10.1. The van der Waals surface area contributed by atoms with Crippen molar-refractivity contribution in [3.8, 4) is 11.1 Å². The zero-order valence-corrected chi connectivity index (χ0v) is 14.3. The second-order valence-electron chi connectivity index (χ2n) is 5.80. The van der Waals surface area contributed by atoms with E-state index in [1.165, 1.54) is 24.3 Å². The Kier molecular flexibility index (Phi) is 4.33. The molecule has 2 aromatic rings. The molecule has 10 heteroatoms. The molecule has 0 amide bonds. The highest BCUT2D eigenvalue weighted by molar-refractivity contribution is 7.92. The fraction of sp³-hybridized carbons (Fsp3) is 0.250. The summed E-state index contributed by atoms with van der Waals surface area (Å²) in [7, 11) is -5.91. The molecule has 26 heavy (non-hydrogen) atoms. The minimum absolute atomic E-state index is 0.0832. The first kappa shape index (κ1) is 19.1. The van der Waals surface area contributed by atoms with E-state index < -0.39 is 44.3 Å². The molecule has 0 saturated heterocycles. The van der Waals surface area contributed by atoms with E-state index in [1.807, 2.05) is 0 Å². The Balaban J connectivity index is 2.33. The van der Waals surface area contributed by atoms with E-state index in [0.717, 1.165) is 6.07 Å². The van der Waals surface area contributed by atoms with E-state index in [4.69, 9.17) is 11.6 Å². The number of aliphatic hydroxyl groups excluding tert-OH is 1. The molecule has 1 N–H and O–H groups in total. The van der Waals surface area contributed by atoms with Gasteiger partial charge < -0.3 is 5.11 Å². The summed E-state index contributed by atoms with van der Waals surface area (Å²) in [6.07, 6.45) is -3.75. The van der Waals surface area contributed by atoms with Gasteiger partial charge in [0.05, 0.1) is 4.90 Å². The molecule has 0 heterocycles. The van der Waals surface area contributed by atoms with Crippen molar-refractivity contribution in [1.82, 2.24) is 0 Å². The zero-order valence-electron chi connectivity index (χ0n) is 12.7. The summed E-state index contributed by atoms with van der Waals surface area (Å²) in [5.74, 6) is -3.80. The number of hydrogen-bond donors (Lipinski definition) is 1. The minimum Gasteiger partial charge on any atom is -0.382 e. The van der Waals surface area contributed by atoms with Crippen LogP contribution in [0.4, 0.5) is 22.0 Å². The lowest BCUT2D eigenvalue weighted by atomic mass is 9.96. The first-order valence-corrected chi connectivity index (χ1v) is 9.01. The lowest BCUT2D eigenvalue weighted by Crippen LogP contribution is -2.26. The summed E-state index contributed by atoms with van der Waals surface area (Å²) < 4.78 is 90.3. The second-order valence-corrected chi connectivity index (χ2v) is 8.15. The molecule has 0 spiro atoms. The number of sulfone groups is 1. The van der Waals surface area contributed by atoms with Crippen LogP contribution in [0, 0.1) is 0 Å². The molecule has 2 aromatic carbocycles. The van der Waals surface area contributed by atoms with Gasteiger partial charge in [-0.15, -0.1) is 0 Å². The van der Waals surface area contributed by atoms with Gasteiger partial charge in [-0.2, -0.15) is 13.2 Å². The lowest BCUT2D eigenvalue weighted by molar-refractivity contribution is -0.0977. The van der Waals surface area contributed by atoms with Crippen LogP contribution in [0.2, 0.25) is 5.02 Å². The predicted octanol–water partition coefficient (Wildman–Crippen LogP) is 4.53.